The summed E-state index contributed by atoms with van der Waals surface area (Å²) in [4.78, 5) is 0. The van der Waals surface area contributed by atoms with Crippen molar-refractivity contribution < 1.29 is 9.84 Å². The van der Waals surface area contributed by atoms with Crippen molar-refractivity contribution in [1.29, 1.82) is 0 Å². The lowest BCUT2D eigenvalue weighted by molar-refractivity contribution is 0.291. The standard InChI is InChI=1S/C5H8O.C2H4O/c1-3-5-6-4-2;1-2-3/h3-4H,1-2,5H2;2-3H,1H2. The van der Waals surface area contributed by atoms with Crippen molar-refractivity contribution in [2.24, 2.45) is 0 Å². The van der Waals surface area contributed by atoms with Gasteiger partial charge in [-0.3, -0.25) is 0 Å². The van der Waals surface area contributed by atoms with E-state index in [1.165, 1.54) is 6.26 Å². The minimum Gasteiger partial charge on any atom is -0.516 e. The van der Waals surface area contributed by atoms with Gasteiger partial charge in [0.05, 0.1) is 12.5 Å². The fourth-order valence-corrected chi connectivity index (χ4v) is 0.136. The number of rotatable bonds is 3. The summed E-state index contributed by atoms with van der Waals surface area (Å²) in [5, 5.41) is 7.33. The highest BCUT2D eigenvalue weighted by Crippen LogP contribution is 1.69. The monoisotopic (exact) mass is 128 g/mol. The molecule has 0 bridgehead atoms. The highest BCUT2D eigenvalue weighted by molar-refractivity contribution is 4.65. The summed E-state index contributed by atoms with van der Waals surface area (Å²) < 4.78 is 4.63. The van der Waals surface area contributed by atoms with Crippen LogP contribution < -0.4 is 0 Å². The van der Waals surface area contributed by atoms with Crippen LogP contribution in [0.1, 0.15) is 0 Å². The molecule has 0 aliphatic heterocycles. The molecule has 9 heavy (non-hydrogen) atoms. The third-order valence-corrected chi connectivity index (χ3v) is 0.332. The molecular formula is C7H12O2. The van der Waals surface area contributed by atoms with Crippen molar-refractivity contribution in [3.05, 3.63) is 38.3 Å². The van der Waals surface area contributed by atoms with Gasteiger partial charge in [0.1, 0.15) is 6.61 Å². The van der Waals surface area contributed by atoms with E-state index in [4.69, 9.17) is 5.11 Å². The minimum atomic E-state index is 0.559. The normalized spacial score (nSPS) is 5.78. The second kappa shape index (κ2) is 15.8. The lowest BCUT2D eigenvalue weighted by atomic mass is 10.7. The summed E-state index contributed by atoms with van der Waals surface area (Å²) in [6.45, 7) is 10.2. The van der Waals surface area contributed by atoms with Gasteiger partial charge in [0.25, 0.3) is 0 Å². The summed E-state index contributed by atoms with van der Waals surface area (Å²) >= 11 is 0. The predicted molar refractivity (Wildman–Crippen MR) is 39.2 cm³/mol. The molecule has 1 N–H and O–H groups in total. The van der Waals surface area contributed by atoms with Gasteiger partial charge in [0.15, 0.2) is 0 Å². The molecule has 0 aromatic heterocycles. The zero-order valence-electron chi connectivity index (χ0n) is 5.42. The van der Waals surface area contributed by atoms with Crippen molar-refractivity contribution >= 4 is 0 Å². The molecule has 0 aliphatic rings. The van der Waals surface area contributed by atoms with Gasteiger partial charge in [-0.1, -0.05) is 25.8 Å². The molecule has 52 valence electrons. The first-order valence-electron chi connectivity index (χ1n) is 2.42. The molecule has 0 aromatic rings. The summed E-state index contributed by atoms with van der Waals surface area (Å²) in [7, 11) is 0. The lowest BCUT2D eigenvalue weighted by Crippen LogP contribution is -1.75. The number of ether oxygens (including phenoxy) is 1. The highest BCUT2D eigenvalue weighted by atomic mass is 16.5. The maximum absolute atomic E-state index is 7.33. The van der Waals surface area contributed by atoms with Gasteiger partial charge in [0, 0.05) is 0 Å². The third kappa shape index (κ3) is 47.8. The second-order valence-electron chi connectivity index (χ2n) is 0.971. The van der Waals surface area contributed by atoms with Gasteiger partial charge >= 0.3 is 0 Å². The van der Waals surface area contributed by atoms with Crippen LogP contribution in [0.15, 0.2) is 38.3 Å². The van der Waals surface area contributed by atoms with Crippen LogP contribution in [0, 0.1) is 0 Å². The predicted octanol–water partition coefficient (Wildman–Crippen LogP) is 2.02. The van der Waals surface area contributed by atoms with E-state index in [0.717, 1.165) is 6.26 Å². The van der Waals surface area contributed by atoms with Crippen LogP contribution in [0.2, 0.25) is 0 Å². The fraction of sp³-hybridized carbons (Fsp3) is 0.143. The second-order valence-corrected chi connectivity index (χ2v) is 0.971. The minimum absolute atomic E-state index is 0.559. The van der Waals surface area contributed by atoms with Gasteiger partial charge in [-0.15, -0.1) is 0 Å². The SMILES string of the molecule is C=CCOC=C.C=CO. The zero-order valence-corrected chi connectivity index (χ0v) is 5.42. The summed E-state index contributed by atoms with van der Waals surface area (Å²) in [6, 6.07) is 0. The van der Waals surface area contributed by atoms with E-state index in [9.17, 15) is 0 Å². The number of aliphatic hydroxyl groups is 1. The molecule has 0 saturated carbocycles. The molecule has 0 aliphatic carbocycles. The van der Waals surface area contributed by atoms with E-state index in [2.05, 4.69) is 24.5 Å². The van der Waals surface area contributed by atoms with E-state index in [-0.39, 0.29) is 0 Å². The highest BCUT2D eigenvalue weighted by Gasteiger charge is 1.61. The molecule has 0 heterocycles. The third-order valence-electron chi connectivity index (χ3n) is 0.332. The molecule has 2 heteroatoms. The first-order chi connectivity index (χ1) is 4.33. The topological polar surface area (TPSA) is 29.5 Å². The maximum atomic E-state index is 7.33. The summed E-state index contributed by atoms with van der Waals surface area (Å²) in [5.74, 6) is 0. The Morgan fingerprint density at radius 2 is 1.78 bits per heavy atom. The molecule has 0 amide bonds. The Bertz CT molecular complexity index is 69.0. The molecule has 0 rings (SSSR count). The Balaban J connectivity index is 0. The van der Waals surface area contributed by atoms with Gasteiger partial charge in [0.2, 0.25) is 0 Å². The van der Waals surface area contributed by atoms with Crippen LogP contribution in [-0.4, -0.2) is 11.7 Å². The molecule has 0 spiro atoms. The van der Waals surface area contributed by atoms with Gasteiger partial charge in [-0.05, 0) is 0 Å². The van der Waals surface area contributed by atoms with E-state index in [1.54, 1.807) is 6.08 Å². The Hall–Kier alpha value is -1.18. The van der Waals surface area contributed by atoms with Crippen LogP contribution in [0.3, 0.4) is 0 Å². The van der Waals surface area contributed by atoms with Crippen LogP contribution in [0.5, 0.6) is 0 Å². The number of aliphatic hydroxyl groups excluding tert-OH is 1. The molecule has 0 unspecified atom stereocenters. The van der Waals surface area contributed by atoms with Crippen molar-refractivity contribution in [2.45, 2.75) is 0 Å². The van der Waals surface area contributed by atoms with E-state index < -0.39 is 0 Å². The van der Waals surface area contributed by atoms with Crippen molar-refractivity contribution in [3.63, 3.8) is 0 Å². The number of hydrogen-bond donors (Lipinski definition) is 1. The quantitative estimate of drug-likeness (QED) is 0.358. The van der Waals surface area contributed by atoms with Gasteiger partial charge < -0.3 is 9.84 Å². The van der Waals surface area contributed by atoms with Crippen molar-refractivity contribution in [3.8, 4) is 0 Å². The average molecular weight is 128 g/mol. The van der Waals surface area contributed by atoms with E-state index in [1.807, 2.05) is 0 Å². The maximum Gasteiger partial charge on any atom is 0.105 e. The van der Waals surface area contributed by atoms with Crippen LogP contribution in [0.4, 0.5) is 0 Å². The fourth-order valence-electron chi connectivity index (χ4n) is 0.136. The largest absolute Gasteiger partial charge is 0.516 e. The lowest BCUT2D eigenvalue weighted by Gasteiger charge is -1.86. The molecular weight excluding hydrogens is 116 g/mol. The van der Waals surface area contributed by atoms with Gasteiger partial charge in [-0.25, -0.2) is 0 Å². The Morgan fingerprint density at radius 1 is 1.33 bits per heavy atom. The molecule has 0 aromatic carbocycles. The van der Waals surface area contributed by atoms with Gasteiger partial charge in [-0.2, -0.15) is 0 Å². The number of hydrogen-bond acceptors (Lipinski definition) is 2. The molecule has 0 fully saturated rings. The Morgan fingerprint density at radius 3 is 1.89 bits per heavy atom. The molecule has 2 nitrogen and oxygen atoms in total. The van der Waals surface area contributed by atoms with Crippen LogP contribution in [-0.2, 0) is 4.74 Å². The van der Waals surface area contributed by atoms with Crippen LogP contribution >= 0.6 is 0 Å². The Labute approximate surface area is 55.8 Å². The average Bonchev–Trinajstić information content (AvgIpc) is 1.86. The molecule has 0 atom stereocenters. The van der Waals surface area contributed by atoms with Crippen LogP contribution in [0.25, 0.3) is 0 Å². The smallest absolute Gasteiger partial charge is 0.105 e. The molecule has 0 radical (unpaired) electrons. The zero-order chi connectivity index (χ0) is 7.54. The van der Waals surface area contributed by atoms with E-state index >= 15 is 0 Å². The first-order valence-corrected chi connectivity index (χ1v) is 2.42. The Kier molecular flexibility index (Phi) is 18.9. The van der Waals surface area contributed by atoms with Crippen molar-refractivity contribution in [2.75, 3.05) is 6.61 Å². The summed E-state index contributed by atoms with van der Waals surface area (Å²) in [6.07, 6.45) is 3.81. The first kappa shape index (κ1) is 10.7. The molecule has 0 saturated heterocycles. The van der Waals surface area contributed by atoms with Crippen molar-refractivity contribution in [1.82, 2.24) is 0 Å². The summed E-state index contributed by atoms with van der Waals surface area (Å²) in [5.41, 5.74) is 0. The van der Waals surface area contributed by atoms with E-state index in [0.29, 0.717) is 6.61 Å².